The summed E-state index contributed by atoms with van der Waals surface area (Å²) in [7, 11) is 0. The Bertz CT molecular complexity index is 924. The topological polar surface area (TPSA) is 44.8 Å². The zero-order valence-corrected chi connectivity index (χ0v) is 21.5. The summed E-state index contributed by atoms with van der Waals surface area (Å²) in [4.78, 5) is 18.7. The summed E-state index contributed by atoms with van der Waals surface area (Å²) in [6.45, 7) is 15.4. The Balaban J connectivity index is 1.21. The van der Waals surface area contributed by atoms with Crippen LogP contribution in [0.3, 0.4) is 0 Å². The molecule has 2 aliphatic rings. The Labute approximate surface area is 203 Å². The number of amides is 1. The zero-order chi connectivity index (χ0) is 23.5. The van der Waals surface area contributed by atoms with Gasteiger partial charge in [0.05, 0.1) is 0 Å². The molecule has 2 fully saturated rings. The largest absolute Gasteiger partial charge is 0.444 e. The van der Waals surface area contributed by atoms with E-state index in [4.69, 9.17) is 4.74 Å². The highest BCUT2D eigenvalue weighted by atomic mass is 32.1. The molecule has 0 unspecified atom stereocenters. The van der Waals surface area contributed by atoms with E-state index in [0.717, 1.165) is 18.7 Å². The molecular formula is C27H39N3O2S. The van der Waals surface area contributed by atoms with Crippen LogP contribution in [0.15, 0.2) is 35.7 Å². The van der Waals surface area contributed by atoms with Crippen molar-refractivity contribution in [3.63, 3.8) is 0 Å². The average molecular weight is 470 g/mol. The van der Waals surface area contributed by atoms with Gasteiger partial charge in [-0.25, -0.2) is 4.79 Å². The highest BCUT2D eigenvalue weighted by Gasteiger charge is 2.40. The van der Waals surface area contributed by atoms with E-state index in [1.807, 2.05) is 32.1 Å². The highest BCUT2D eigenvalue weighted by molar-refractivity contribution is 7.10. The fourth-order valence-corrected chi connectivity index (χ4v) is 5.98. The molecule has 1 spiro atoms. The van der Waals surface area contributed by atoms with E-state index in [0.29, 0.717) is 12.0 Å². The Morgan fingerprint density at radius 3 is 2.24 bits per heavy atom. The molecule has 180 valence electrons. The first-order valence-electron chi connectivity index (χ1n) is 12.2. The molecular weight excluding hydrogens is 430 g/mol. The summed E-state index contributed by atoms with van der Waals surface area (Å²) in [6, 6.07) is 10.9. The third-order valence-electron chi connectivity index (χ3n) is 7.03. The molecule has 6 heteroatoms. The summed E-state index contributed by atoms with van der Waals surface area (Å²) in [5.41, 5.74) is 3.92. The van der Waals surface area contributed by atoms with Gasteiger partial charge in [-0.15, -0.1) is 11.3 Å². The molecule has 0 aliphatic carbocycles. The SMILES string of the molecule is Cc1ccsc1CN1CCC2(CC1)CCN(Cc1ccc(CNC(=O)OC(C)(C)C)cc1)C2. The number of carbonyl (C=O) groups is 1. The Kier molecular flexibility index (Phi) is 7.46. The number of ether oxygens (including phenoxy) is 1. The Hall–Kier alpha value is -1.89. The second-order valence-corrected chi connectivity index (χ2v) is 11.9. The third kappa shape index (κ3) is 6.81. The molecule has 3 heterocycles. The molecule has 2 saturated heterocycles. The van der Waals surface area contributed by atoms with E-state index in [9.17, 15) is 4.79 Å². The van der Waals surface area contributed by atoms with Crippen LogP contribution in [-0.2, 0) is 24.4 Å². The maximum absolute atomic E-state index is 11.8. The number of nitrogens with one attached hydrogen (secondary N) is 1. The molecule has 4 rings (SSSR count). The quantitative estimate of drug-likeness (QED) is 0.601. The van der Waals surface area contributed by atoms with Gasteiger partial charge in [0.1, 0.15) is 5.60 Å². The van der Waals surface area contributed by atoms with Crippen molar-refractivity contribution in [1.29, 1.82) is 0 Å². The van der Waals surface area contributed by atoms with E-state index in [1.54, 1.807) is 0 Å². The molecule has 0 saturated carbocycles. The lowest BCUT2D eigenvalue weighted by Gasteiger charge is -2.39. The number of benzene rings is 1. The van der Waals surface area contributed by atoms with Crippen molar-refractivity contribution in [2.24, 2.45) is 5.41 Å². The molecule has 0 atom stereocenters. The number of aryl methyl sites for hydroxylation is 1. The van der Waals surface area contributed by atoms with E-state index >= 15 is 0 Å². The smallest absolute Gasteiger partial charge is 0.407 e. The van der Waals surface area contributed by atoms with Crippen LogP contribution in [0.4, 0.5) is 4.79 Å². The minimum absolute atomic E-state index is 0.370. The van der Waals surface area contributed by atoms with Crippen LogP contribution >= 0.6 is 11.3 Å². The van der Waals surface area contributed by atoms with Gasteiger partial charge in [0.2, 0.25) is 0 Å². The number of rotatable bonds is 6. The summed E-state index contributed by atoms with van der Waals surface area (Å²) in [6.07, 6.45) is 3.61. The van der Waals surface area contributed by atoms with Crippen molar-refractivity contribution in [3.05, 3.63) is 57.3 Å². The summed E-state index contributed by atoms with van der Waals surface area (Å²) < 4.78 is 5.31. The van der Waals surface area contributed by atoms with Gasteiger partial charge in [-0.3, -0.25) is 9.80 Å². The summed E-state index contributed by atoms with van der Waals surface area (Å²) >= 11 is 1.90. The van der Waals surface area contributed by atoms with Crippen molar-refractivity contribution in [2.45, 2.75) is 72.2 Å². The molecule has 5 nitrogen and oxygen atoms in total. The number of thiophene rings is 1. The first-order chi connectivity index (χ1) is 15.7. The van der Waals surface area contributed by atoms with Crippen molar-refractivity contribution in [3.8, 4) is 0 Å². The fourth-order valence-electron chi connectivity index (χ4n) is 5.03. The van der Waals surface area contributed by atoms with Crippen molar-refractivity contribution < 1.29 is 9.53 Å². The normalized spacial score (nSPS) is 19.2. The standard InChI is InChI=1S/C27H39N3O2S/c1-21-9-16-33-24(21)19-29-13-10-27(11-14-29)12-15-30(20-27)18-23-7-5-22(6-8-23)17-28-25(31)32-26(2,3)4/h5-9,16H,10-15,17-20H2,1-4H3,(H,28,31). The second-order valence-electron chi connectivity index (χ2n) is 10.9. The number of likely N-dealkylation sites (tertiary alicyclic amines) is 2. The minimum Gasteiger partial charge on any atom is -0.444 e. The van der Waals surface area contributed by atoms with Gasteiger partial charge in [0.25, 0.3) is 0 Å². The fraction of sp³-hybridized carbons (Fsp3) is 0.593. The van der Waals surface area contributed by atoms with Crippen LogP contribution in [-0.4, -0.2) is 47.7 Å². The van der Waals surface area contributed by atoms with Gasteiger partial charge < -0.3 is 10.1 Å². The number of hydrogen-bond acceptors (Lipinski definition) is 5. The summed E-state index contributed by atoms with van der Waals surface area (Å²) in [5, 5.41) is 5.05. The molecule has 33 heavy (non-hydrogen) atoms. The predicted octanol–water partition coefficient (Wildman–Crippen LogP) is 5.57. The minimum atomic E-state index is -0.471. The van der Waals surface area contributed by atoms with E-state index in [-0.39, 0.29) is 6.09 Å². The van der Waals surface area contributed by atoms with Crippen molar-refractivity contribution in [2.75, 3.05) is 26.2 Å². The monoisotopic (exact) mass is 469 g/mol. The number of carbonyl (C=O) groups excluding carboxylic acids is 1. The van der Waals surface area contributed by atoms with Crippen LogP contribution in [0, 0.1) is 12.3 Å². The van der Waals surface area contributed by atoms with Crippen molar-refractivity contribution in [1.82, 2.24) is 15.1 Å². The molecule has 0 radical (unpaired) electrons. The highest BCUT2D eigenvalue weighted by Crippen LogP contribution is 2.41. The molecule has 2 aliphatic heterocycles. The van der Waals surface area contributed by atoms with Crippen LogP contribution in [0.25, 0.3) is 0 Å². The number of hydrogen-bond donors (Lipinski definition) is 1. The van der Waals surface area contributed by atoms with E-state index in [1.165, 1.54) is 61.4 Å². The van der Waals surface area contributed by atoms with Gasteiger partial charge >= 0.3 is 6.09 Å². The lowest BCUT2D eigenvalue weighted by atomic mass is 9.78. The van der Waals surface area contributed by atoms with Crippen LogP contribution in [0.2, 0.25) is 0 Å². The molecule has 1 aromatic carbocycles. The summed E-state index contributed by atoms with van der Waals surface area (Å²) in [5.74, 6) is 0. The Morgan fingerprint density at radius 1 is 1.00 bits per heavy atom. The third-order valence-corrected chi connectivity index (χ3v) is 8.04. The molecule has 1 N–H and O–H groups in total. The maximum Gasteiger partial charge on any atom is 0.407 e. The van der Waals surface area contributed by atoms with Gasteiger partial charge in [-0.2, -0.15) is 0 Å². The molecule has 1 amide bonds. The molecule has 1 aromatic heterocycles. The first-order valence-corrected chi connectivity index (χ1v) is 13.1. The zero-order valence-electron chi connectivity index (χ0n) is 20.7. The first kappa shape index (κ1) is 24.2. The van der Waals surface area contributed by atoms with Crippen molar-refractivity contribution >= 4 is 17.4 Å². The van der Waals surface area contributed by atoms with Gasteiger partial charge in [-0.05, 0) is 100 Å². The lowest BCUT2D eigenvalue weighted by molar-refractivity contribution is 0.0523. The second kappa shape index (κ2) is 10.2. The maximum atomic E-state index is 11.8. The Morgan fingerprint density at radius 2 is 1.64 bits per heavy atom. The molecule has 0 bridgehead atoms. The number of nitrogens with zero attached hydrogens (tertiary/aromatic N) is 2. The van der Waals surface area contributed by atoms with Gasteiger partial charge in [0, 0.05) is 31.1 Å². The van der Waals surface area contributed by atoms with Gasteiger partial charge in [0.15, 0.2) is 0 Å². The number of piperidine rings is 1. The van der Waals surface area contributed by atoms with E-state index < -0.39 is 5.60 Å². The molecule has 2 aromatic rings. The predicted molar refractivity (Wildman–Crippen MR) is 135 cm³/mol. The average Bonchev–Trinajstić information content (AvgIpc) is 3.34. The van der Waals surface area contributed by atoms with Gasteiger partial charge in [-0.1, -0.05) is 24.3 Å². The van der Waals surface area contributed by atoms with Crippen LogP contribution in [0.5, 0.6) is 0 Å². The van der Waals surface area contributed by atoms with Crippen LogP contribution < -0.4 is 5.32 Å². The lowest BCUT2D eigenvalue weighted by Crippen LogP contribution is -2.41. The number of alkyl carbamates (subject to hydrolysis) is 1. The van der Waals surface area contributed by atoms with Crippen LogP contribution in [0.1, 0.15) is 61.6 Å². The van der Waals surface area contributed by atoms with E-state index in [2.05, 4.69) is 57.8 Å².